The molecule has 24 heavy (non-hydrogen) atoms. The SMILES string of the molecule is CC(C)(O)O[C@H]1C(COSI)CCC1n1ccc2c(Cl)ncnc21. The predicted octanol–water partition coefficient (Wildman–Crippen LogP) is 4.16. The maximum absolute atomic E-state index is 10.2. The molecule has 0 aromatic carbocycles. The number of halogens is 2. The minimum absolute atomic E-state index is 0.0627. The van der Waals surface area contributed by atoms with Gasteiger partial charge in [0.05, 0.1) is 33.4 Å². The molecular weight excluding hydrogens is 465 g/mol. The lowest BCUT2D eigenvalue weighted by Crippen LogP contribution is -2.37. The number of ether oxygens (including phenoxy) is 1. The first-order chi connectivity index (χ1) is 11.4. The summed E-state index contributed by atoms with van der Waals surface area (Å²) in [6.45, 7) is 3.89. The van der Waals surface area contributed by atoms with E-state index >= 15 is 0 Å². The fourth-order valence-corrected chi connectivity index (χ4v) is 4.19. The maximum atomic E-state index is 10.2. The van der Waals surface area contributed by atoms with Crippen molar-refractivity contribution in [3.05, 3.63) is 23.7 Å². The van der Waals surface area contributed by atoms with Crippen LogP contribution in [0.4, 0.5) is 0 Å². The molecule has 1 aliphatic carbocycles. The van der Waals surface area contributed by atoms with Crippen LogP contribution in [0, 0.1) is 5.92 Å². The Bertz CT molecular complexity index is 709. The lowest BCUT2D eigenvalue weighted by molar-refractivity contribution is -0.220. The highest BCUT2D eigenvalue weighted by Crippen LogP contribution is 2.41. The van der Waals surface area contributed by atoms with Crippen LogP contribution in [0.5, 0.6) is 0 Å². The average Bonchev–Trinajstić information content (AvgIpc) is 3.08. The Labute approximate surface area is 162 Å². The van der Waals surface area contributed by atoms with Crippen LogP contribution < -0.4 is 0 Å². The first-order valence-electron chi connectivity index (χ1n) is 7.68. The zero-order valence-electron chi connectivity index (χ0n) is 13.4. The Morgan fingerprint density at radius 1 is 1.46 bits per heavy atom. The molecule has 1 saturated carbocycles. The third-order valence-corrected chi connectivity index (χ3v) is 5.54. The quantitative estimate of drug-likeness (QED) is 0.288. The Balaban J connectivity index is 1.93. The summed E-state index contributed by atoms with van der Waals surface area (Å²) in [5.41, 5.74) is 0.786. The van der Waals surface area contributed by atoms with E-state index in [1.54, 1.807) is 13.8 Å². The van der Waals surface area contributed by atoms with Gasteiger partial charge in [0.2, 0.25) is 0 Å². The third-order valence-electron chi connectivity index (χ3n) is 4.25. The lowest BCUT2D eigenvalue weighted by Gasteiger charge is -2.32. The fraction of sp³-hybridized carbons (Fsp3) is 0.600. The second-order valence-corrected chi connectivity index (χ2v) is 8.20. The van der Waals surface area contributed by atoms with Gasteiger partial charge in [-0.05, 0) is 32.8 Å². The van der Waals surface area contributed by atoms with Gasteiger partial charge in [0.1, 0.15) is 17.1 Å². The normalized spacial score (nSPS) is 24.8. The Morgan fingerprint density at radius 2 is 2.25 bits per heavy atom. The first kappa shape index (κ1) is 18.7. The fourth-order valence-electron chi connectivity index (χ4n) is 3.33. The molecule has 1 N–H and O–H groups in total. The van der Waals surface area contributed by atoms with Gasteiger partial charge in [-0.15, -0.1) is 0 Å². The van der Waals surface area contributed by atoms with Gasteiger partial charge in [-0.25, -0.2) is 9.97 Å². The van der Waals surface area contributed by atoms with E-state index in [1.165, 1.54) is 15.5 Å². The summed E-state index contributed by atoms with van der Waals surface area (Å²) >= 11 is 8.27. The molecule has 2 unspecified atom stereocenters. The van der Waals surface area contributed by atoms with Crippen molar-refractivity contribution >= 4 is 53.1 Å². The number of aromatic nitrogens is 3. The molecule has 0 amide bonds. The summed E-state index contributed by atoms with van der Waals surface area (Å²) in [4.78, 5) is 8.40. The molecule has 0 saturated heterocycles. The van der Waals surface area contributed by atoms with Crippen LogP contribution in [0.15, 0.2) is 18.6 Å². The van der Waals surface area contributed by atoms with E-state index in [9.17, 15) is 5.11 Å². The number of aliphatic hydroxyl groups is 1. The molecule has 0 aliphatic heterocycles. The Hall–Kier alpha value is -0.130. The number of fused-ring (bicyclic) bond motifs is 1. The Morgan fingerprint density at radius 3 is 2.96 bits per heavy atom. The molecule has 0 spiro atoms. The molecule has 6 nitrogen and oxygen atoms in total. The van der Waals surface area contributed by atoms with E-state index in [-0.39, 0.29) is 18.1 Å². The van der Waals surface area contributed by atoms with Gasteiger partial charge in [0, 0.05) is 33.3 Å². The minimum atomic E-state index is -1.21. The molecular formula is C15H19ClIN3O3S. The van der Waals surface area contributed by atoms with Gasteiger partial charge in [-0.1, -0.05) is 11.6 Å². The second-order valence-electron chi connectivity index (χ2n) is 6.41. The number of rotatable bonds is 6. The largest absolute Gasteiger partial charge is 0.366 e. The van der Waals surface area contributed by atoms with Crippen LogP contribution in [0.25, 0.3) is 11.0 Å². The van der Waals surface area contributed by atoms with Crippen molar-refractivity contribution in [2.45, 2.75) is 44.6 Å². The third kappa shape index (κ3) is 3.99. The van der Waals surface area contributed by atoms with E-state index in [0.29, 0.717) is 11.8 Å². The highest BCUT2D eigenvalue weighted by atomic mass is 127. The number of hydrogen-bond acceptors (Lipinski definition) is 6. The van der Waals surface area contributed by atoms with Crippen LogP contribution in [0.1, 0.15) is 32.7 Å². The van der Waals surface area contributed by atoms with Crippen LogP contribution in [0.2, 0.25) is 5.15 Å². The zero-order chi connectivity index (χ0) is 17.3. The molecule has 0 bridgehead atoms. The molecule has 1 aliphatic rings. The molecule has 3 atom stereocenters. The molecule has 2 aromatic rings. The van der Waals surface area contributed by atoms with E-state index in [0.717, 1.165) is 23.9 Å². The van der Waals surface area contributed by atoms with E-state index in [1.807, 2.05) is 12.3 Å². The zero-order valence-corrected chi connectivity index (χ0v) is 17.1. The van der Waals surface area contributed by atoms with Crippen LogP contribution in [-0.4, -0.2) is 38.1 Å². The van der Waals surface area contributed by atoms with Crippen molar-refractivity contribution in [2.75, 3.05) is 6.61 Å². The van der Waals surface area contributed by atoms with Crippen molar-refractivity contribution < 1.29 is 14.0 Å². The second kappa shape index (κ2) is 7.63. The topological polar surface area (TPSA) is 69.4 Å². The van der Waals surface area contributed by atoms with Crippen molar-refractivity contribution in [2.24, 2.45) is 5.92 Å². The summed E-state index contributed by atoms with van der Waals surface area (Å²) in [5.74, 6) is -1.00. The summed E-state index contributed by atoms with van der Waals surface area (Å²) in [7, 11) is 1.32. The molecule has 0 radical (unpaired) electrons. The molecule has 2 aromatic heterocycles. The monoisotopic (exact) mass is 483 g/mol. The molecule has 132 valence electrons. The van der Waals surface area contributed by atoms with E-state index in [2.05, 4.69) is 35.7 Å². The Kier molecular flexibility index (Phi) is 5.93. The molecule has 2 heterocycles. The highest BCUT2D eigenvalue weighted by molar-refractivity contribution is 14.2. The molecule has 9 heteroatoms. The maximum Gasteiger partial charge on any atom is 0.160 e. The van der Waals surface area contributed by atoms with Crippen molar-refractivity contribution in [1.82, 2.24) is 14.5 Å². The van der Waals surface area contributed by atoms with Crippen molar-refractivity contribution in [1.29, 1.82) is 0 Å². The van der Waals surface area contributed by atoms with Gasteiger partial charge in [-0.2, -0.15) is 0 Å². The van der Waals surface area contributed by atoms with Crippen LogP contribution in [-0.2, 0) is 8.92 Å². The predicted molar refractivity (Wildman–Crippen MR) is 103 cm³/mol. The highest BCUT2D eigenvalue weighted by Gasteiger charge is 2.41. The van der Waals surface area contributed by atoms with Crippen LogP contribution >= 0.6 is 42.0 Å². The van der Waals surface area contributed by atoms with Gasteiger partial charge in [0.15, 0.2) is 5.79 Å². The van der Waals surface area contributed by atoms with Gasteiger partial charge >= 0.3 is 0 Å². The van der Waals surface area contributed by atoms with Crippen molar-refractivity contribution in [3.8, 4) is 0 Å². The average molecular weight is 484 g/mol. The molecule has 1 fully saturated rings. The standard InChI is InChI=1S/C15H19ClIN3O3S/c1-15(2,21)23-12-9(7-22-24-17)3-4-11(12)20-6-5-10-13(16)18-8-19-14(10)20/h5-6,8-9,11-12,21H,3-4,7H2,1-2H3/t9?,11?,12-/m0/s1. The van der Waals surface area contributed by atoms with Crippen LogP contribution in [0.3, 0.4) is 0 Å². The molecule has 3 rings (SSSR count). The summed E-state index contributed by atoms with van der Waals surface area (Å²) in [6.07, 6.45) is 5.15. The number of nitrogens with zero attached hydrogens (tertiary/aromatic N) is 3. The van der Waals surface area contributed by atoms with Crippen molar-refractivity contribution in [3.63, 3.8) is 0 Å². The summed E-state index contributed by atoms with van der Waals surface area (Å²) in [6, 6.07) is 1.98. The van der Waals surface area contributed by atoms with Gasteiger partial charge in [-0.3, -0.25) is 0 Å². The summed E-state index contributed by atoms with van der Waals surface area (Å²) in [5, 5.41) is 11.4. The number of hydrogen-bond donors (Lipinski definition) is 1. The smallest absolute Gasteiger partial charge is 0.160 e. The van der Waals surface area contributed by atoms with Gasteiger partial charge in [0.25, 0.3) is 0 Å². The summed E-state index contributed by atoms with van der Waals surface area (Å²) < 4.78 is 13.6. The van der Waals surface area contributed by atoms with E-state index in [4.69, 9.17) is 20.5 Å². The minimum Gasteiger partial charge on any atom is -0.366 e. The first-order valence-corrected chi connectivity index (χ1v) is 11.3. The van der Waals surface area contributed by atoms with E-state index < -0.39 is 5.79 Å². The lowest BCUT2D eigenvalue weighted by atomic mass is 10.1. The van der Waals surface area contributed by atoms with Gasteiger partial charge < -0.3 is 18.6 Å².